The second-order valence-corrected chi connectivity index (χ2v) is 9.05. The van der Waals surface area contributed by atoms with Crippen LogP contribution in [0.1, 0.15) is 57.1 Å². The van der Waals surface area contributed by atoms with E-state index in [-0.39, 0.29) is 18.5 Å². The van der Waals surface area contributed by atoms with Gasteiger partial charge in [0.2, 0.25) is 0 Å². The molecule has 0 aliphatic heterocycles. The molecule has 0 N–H and O–H groups in total. The maximum atomic E-state index is 13.0. The van der Waals surface area contributed by atoms with Crippen LogP contribution in [-0.4, -0.2) is 19.2 Å². The molecule has 3 nitrogen and oxygen atoms in total. The first-order valence-electron chi connectivity index (χ1n) is 10.9. The van der Waals surface area contributed by atoms with E-state index >= 15 is 0 Å². The predicted molar refractivity (Wildman–Crippen MR) is 119 cm³/mol. The van der Waals surface area contributed by atoms with E-state index in [4.69, 9.17) is 21.1 Å². The Hall–Kier alpha value is -2.21. The van der Waals surface area contributed by atoms with E-state index < -0.39 is 17.7 Å². The van der Waals surface area contributed by atoms with E-state index in [0.29, 0.717) is 46.4 Å². The van der Waals surface area contributed by atoms with E-state index in [2.05, 4.69) is 0 Å². The minimum absolute atomic E-state index is 0.225. The van der Waals surface area contributed by atoms with Crippen LogP contribution in [-0.2, 0) is 15.7 Å². The molecule has 0 aromatic heterocycles. The molecule has 1 aliphatic rings. The lowest BCUT2D eigenvalue weighted by molar-refractivity contribution is -0.145. The quantitative estimate of drug-likeness (QED) is 0.357. The Kier molecular flexibility index (Phi) is 7.75. The van der Waals surface area contributed by atoms with Gasteiger partial charge < -0.3 is 9.47 Å². The Morgan fingerprint density at radius 2 is 1.81 bits per heavy atom. The predicted octanol–water partition coefficient (Wildman–Crippen LogP) is 7.51. The fraction of sp³-hybridized carbons (Fsp3) is 0.480. The molecule has 1 fully saturated rings. The monoisotopic (exact) mass is 468 g/mol. The van der Waals surface area contributed by atoms with Gasteiger partial charge in [0.05, 0.1) is 29.7 Å². The summed E-state index contributed by atoms with van der Waals surface area (Å²) in [6.07, 6.45) is -1.69. The van der Waals surface area contributed by atoms with Crippen molar-refractivity contribution < 1.29 is 27.4 Å². The molecule has 1 atom stereocenters. The minimum atomic E-state index is -4.42. The summed E-state index contributed by atoms with van der Waals surface area (Å²) in [6, 6.07) is 8.39. The zero-order valence-corrected chi connectivity index (χ0v) is 19.2. The smallest absolute Gasteiger partial charge is 0.416 e. The van der Waals surface area contributed by atoms with Crippen molar-refractivity contribution in [1.82, 2.24) is 0 Å². The summed E-state index contributed by atoms with van der Waals surface area (Å²) in [6.45, 7) is 6.53. The van der Waals surface area contributed by atoms with Gasteiger partial charge in [0.15, 0.2) is 0 Å². The summed E-state index contributed by atoms with van der Waals surface area (Å²) in [5, 5.41) is 0.330. The molecule has 1 aliphatic carbocycles. The average Bonchev–Trinajstić information content (AvgIpc) is 3.54. The average molecular weight is 469 g/mol. The highest BCUT2D eigenvalue weighted by Gasteiger charge is 2.31. The molecular formula is C25H28ClF3O3. The maximum Gasteiger partial charge on any atom is 0.416 e. The number of hydrogen-bond acceptors (Lipinski definition) is 3. The second-order valence-electron chi connectivity index (χ2n) is 8.64. The number of carbonyl (C=O) groups excluding carboxylic acids is 1. The third kappa shape index (κ3) is 6.18. The summed E-state index contributed by atoms with van der Waals surface area (Å²) < 4.78 is 50.4. The second kappa shape index (κ2) is 10.2. The number of ether oxygens (including phenoxy) is 2. The fourth-order valence-corrected chi connectivity index (χ4v) is 3.87. The Morgan fingerprint density at radius 1 is 1.16 bits per heavy atom. The number of carbonyl (C=O) groups is 1. The van der Waals surface area contributed by atoms with Crippen molar-refractivity contribution in [1.29, 1.82) is 0 Å². The van der Waals surface area contributed by atoms with Crippen molar-refractivity contribution in [3.05, 3.63) is 52.5 Å². The highest BCUT2D eigenvalue weighted by atomic mass is 35.5. The van der Waals surface area contributed by atoms with Crippen LogP contribution in [0.4, 0.5) is 13.2 Å². The van der Waals surface area contributed by atoms with Gasteiger partial charge in [-0.05, 0) is 73.4 Å². The van der Waals surface area contributed by atoms with Gasteiger partial charge in [-0.15, -0.1) is 0 Å². The summed E-state index contributed by atoms with van der Waals surface area (Å²) >= 11 is 6.60. The van der Waals surface area contributed by atoms with Crippen molar-refractivity contribution in [2.45, 2.75) is 52.1 Å². The first-order chi connectivity index (χ1) is 15.1. The number of hydrogen-bond donors (Lipinski definition) is 0. The number of benzene rings is 2. The van der Waals surface area contributed by atoms with E-state index in [1.165, 1.54) is 12.1 Å². The van der Waals surface area contributed by atoms with Crippen molar-refractivity contribution in [3.63, 3.8) is 0 Å². The van der Waals surface area contributed by atoms with Gasteiger partial charge in [-0.25, -0.2) is 0 Å². The van der Waals surface area contributed by atoms with E-state index in [1.54, 1.807) is 19.1 Å². The normalized spacial score (nSPS) is 15.0. The van der Waals surface area contributed by atoms with Crippen molar-refractivity contribution in [2.24, 2.45) is 11.8 Å². The molecule has 2 aromatic rings. The number of halogens is 4. The lowest BCUT2D eigenvalue weighted by Crippen LogP contribution is -2.18. The van der Waals surface area contributed by atoms with Gasteiger partial charge >= 0.3 is 12.1 Å². The molecule has 0 heterocycles. The Morgan fingerprint density at radius 3 is 2.34 bits per heavy atom. The fourth-order valence-electron chi connectivity index (χ4n) is 3.58. The Bertz CT molecular complexity index is 935. The minimum Gasteiger partial charge on any atom is -0.491 e. The van der Waals surface area contributed by atoms with Gasteiger partial charge in [-0.2, -0.15) is 13.2 Å². The summed E-state index contributed by atoms with van der Waals surface area (Å²) in [7, 11) is 0. The molecule has 7 heteroatoms. The van der Waals surface area contributed by atoms with Crippen molar-refractivity contribution in [3.8, 4) is 16.9 Å². The van der Waals surface area contributed by atoms with Gasteiger partial charge in [0, 0.05) is 5.56 Å². The number of alkyl halides is 3. The van der Waals surface area contributed by atoms with Crippen LogP contribution in [0.25, 0.3) is 11.1 Å². The van der Waals surface area contributed by atoms with Gasteiger partial charge in [0.1, 0.15) is 5.75 Å². The molecule has 0 bridgehead atoms. The molecular weight excluding hydrogens is 441 g/mol. The standard InChI is InChI=1S/C25H28ClF3O3/c1-4-31-24(30)21(11-15(2)3)18-12-20(17-7-9-19(10-8-17)25(27,28)29)23(22(26)13-18)32-14-16-5-6-16/h7-10,12-13,15-16,21H,4-6,11,14H2,1-3H3. The third-order valence-corrected chi connectivity index (χ3v) is 5.71. The van der Waals surface area contributed by atoms with Crippen molar-refractivity contribution >= 4 is 17.6 Å². The highest BCUT2D eigenvalue weighted by Crippen LogP contribution is 2.42. The molecule has 3 rings (SSSR count). The summed E-state index contributed by atoms with van der Waals surface area (Å²) in [5.74, 6) is 0.248. The maximum absolute atomic E-state index is 13.0. The lowest BCUT2D eigenvalue weighted by Gasteiger charge is -2.21. The van der Waals surface area contributed by atoms with Crippen LogP contribution in [0.5, 0.6) is 5.75 Å². The zero-order chi connectivity index (χ0) is 23.5. The molecule has 2 aromatic carbocycles. The van der Waals surface area contributed by atoms with Crippen LogP contribution < -0.4 is 4.74 Å². The van der Waals surface area contributed by atoms with E-state index in [9.17, 15) is 18.0 Å². The molecule has 32 heavy (non-hydrogen) atoms. The number of esters is 1. The van der Waals surface area contributed by atoms with Crippen LogP contribution >= 0.6 is 11.6 Å². The third-order valence-electron chi connectivity index (χ3n) is 5.43. The molecule has 0 spiro atoms. The van der Waals surface area contributed by atoms with Gasteiger partial charge in [0.25, 0.3) is 0 Å². The van der Waals surface area contributed by atoms with E-state index in [1.807, 2.05) is 13.8 Å². The van der Waals surface area contributed by atoms with Crippen LogP contribution in [0.15, 0.2) is 36.4 Å². The number of rotatable bonds is 9. The van der Waals surface area contributed by atoms with Gasteiger partial charge in [-0.1, -0.05) is 37.6 Å². The largest absolute Gasteiger partial charge is 0.491 e. The van der Waals surface area contributed by atoms with Crippen LogP contribution in [0, 0.1) is 11.8 Å². The van der Waals surface area contributed by atoms with Crippen LogP contribution in [0.3, 0.4) is 0 Å². The molecule has 0 radical (unpaired) electrons. The molecule has 0 saturated heterocycles. The topological polar surface area (TPSA) is 35.5 Å². The van der Waals surface area contributed by atoms with Crippen molar-refractivity contribution in [2.75, 3.05) is 13.2 Å². The first-order valence-corrected chi connectivity index (χ1v) is 11.3. The summed E-state index contributed by atoms with van der Waals surface area (Å²) in [5.41, 5.74) is 1.05. The first kappa shape index (κ1) is 24.4. The highest BCUT2D eigenvalue weighted by molar-refractivity contribution is 6.32. The molecule has 1 saturated carbocycles. The Labute approximate surface area is 191 Å². The van der Waals surface area contributed by atoms with Crippen LogP contribution in [0.2, 0.25) is 5.02 Å². The Balaban J connectivity index is 2.06. The molecule has 1 unspecified atom stereocenters. The van der Waals surface area contributed by atoms with E-state index in [0.717, 1.165) is 25.0 Å². The molecule has 0 amide bonds. The van der Waals surface area contributed by atoms with Gasteiger partial charge in [-0.3, -0.25) is 4.79 Å². The zero-order valence-electron chi connectivity index (χ0n) is 18.5. The molecule has 174 valence electrons. The SMILES string of the molecule is CCOC(=O)C(CC(C)C)c1cc(Cl)c(OCC2CC2)c(-c2ccc(C(F)(F)F)cc2)c1. The lowest BCUT2D eigenvalue weighted by atomic mass is 9.88. The summed E-state index contributed by atoms with van der Waals surface area (Å²) in [4.78, 5) is 12.7.